The van der Waals surface area contributed by atoms with Crippen LogP contribution < -0.4 is 10.5 Å². The number of aromatic nitrogens is 4. The van der Waals surface area contributed by atoms with Crippen LogP contribution in [0.25, 0.3) is 5.52 Å². The highest BCUT2D eigenvalue weighted by atomic mass is 16.7. The maximum Gasteiger partial charge on any atom is 0.515 e. The second kappa shape index (κ2) is 7.38. The number of rotatable bonds is 4. The van der Waals surface area contributed by atoms with Crippen LogP contribution in [0.1, 0.15) is 11.8 Å². The summed E-state index contributed by atoms with van der Waals surface area (Å²) in [7, 11) is 0. The average molecular weight is 387 g/mol. The van der Waals surface area contributed by atoms with Crippen molar-refractivity contribution in [2.75, 3.05) is 12.3 Å². The number of hydrogen-bond acceptors (Lipinski definition) is 10. The van der Waals surface area contributed by atoms with Gasteiger partial charge in [0.1, 0.15) is 42.9 Å². The van der Waals surface area contributed by atoms with Gasteiger partial charge in [0, 0.05) is 12.3 Å². The predicted octanol–water partition coefficient (Wildman–Crippen LogP) is 0.0838. The number of anilines is 1. The first-order valence-electron chi connectivity index (χ1n) is 8.40. The van der Waals surface area contributed by atoms with Crippen LogP contribution in [0.3, 0.4) is 0 Å². The molecule has 0 amide bonds. The molecule has 11 heteroatoms. The Kier molecular flexibility index (Phi) is 4.77. The fourth-order valence-electron chi connectivity index (χ4n) is 2.99. The number of nitrogens with zero attached hydrogens (tertiary/aromatic N) is 4. The van der Waals surface area contributed by atoms with E-state index >= 15 is 0 Å². The number of carbonyl (C=O) groups excluding carboxylic acids is 1. The molecule has 1 aliphatic heterocycles. The minimum Gasteiger partial charge on any atom is -0.431 e. The van der Waals surface area contributed by atoms with Gasteiger partial charge in [-0.1, -0.05) is 6.07 Å². The smallest absolute Gasteiger partial charge is 0.431 e. The Morgan fingerprint density at radius 1 is 1.21 bits per heavy atom. The van der Waals surface area contributed by atoms with Gasteiger partial charge >= 0.3 is 6.16 Å². The third kappa shape index (κ3) is 3.33. The molecule has 1 aliphatic rings. The Labute approximate surface area is 158 Å². The molecule has 4 N–H and O–H groups in total. The minimum absolute atomic E-state index is 0.0789. The van der Waals surface area contributed by atoms with Gasteiger partial charge in [-0.2, -0.15) is 5.10 Å². The number of nitrogens with two attached hydrogens (primary N) is 1. The van der Waals surface area contributed by atoms with Crippen LogP contribution in [0, 0.1) is 0 Å². The van der Waals surface area contributed by atoms with Gasteiger partial charge < -0.3 is 30.2 Å². The molecule has 146 valence electrons. The van der Waals surface area contributed by atoms with E-state index < -0.39 is 30.6 Å². The molecular formula is C17H17N5O6. The molecule has 0 unspecified atom stereocenters. The van der Waals surface area contributed by atoms with Crippen molar-refractivity contribution >= 4 is 17.5 Å². The maximum absolute atomic E-state index is 11.8. The van der Waals surface area contributed by atoms with E-state index in [0.717, 1.165) is 0 Å². The maximum atomic E-state index is 11.8. The number of fused-ring (bicyclic) bond motifs is 1. The van der Waals surface area contributed by atoms with Gasteiger partial charge in [-0.3, -0.25) is 0 Å². The van der Waals surface area contributed by atoms with Crippen LogP contribution in [-0.2, 0) is 9.47 Å². The van der Waals surface area contributed by atoms with E-state index in [4.69, 9.17) is 19.9 Å². The van der Waals surface area contributed by atoms with Crippen molar-refractivity contribution in [3.63, 3.8) is 0 Å². The Balaban J connectivity index is 1.43. The number of carbonyl (C=O) groups is 1. The Morgan fingerprint density at radius 2 is 2.07 bits per heavy atom. The second-order valence-corrected chi connectivity index (χ2v) is 6.11. The fourth-order valence-corrected chi connectivity index (χ4v) is 2.99. The van der Waals surface area contributed by atoms with E-state index in [1.165, 1.54) is 23.1 Å². The molecule has 0 spiro atoms. The number of aliphatic hydroxyl groups is 2. The highest BCUT2D eigenvalue weighted by molar-refractivity contribution is 5.65. The molecule has 0 aliphatic carbocycles. The second-order valence-electron chi connectivity index (χ2n) is 6.11. The van der Waals surface area contributed by atoms with Crippen molar-refractivity contribution in [1.29, 1.82) is 0 Å². The summed E-state index contributed by atoms with van der Waals surface area (Å²) in [5, 5.41) is 24.7. The van der Waals surface area contributed by atoms with Gasteiger partial charge in [0.15, 0.2) is 5.82 Å². The third-order valence-electron chi connectivity index (χ3n) is 4.36. The lowest BCUT2D eigenvalue weighted by atomic mass is 10.1. The molecule has 0 saturated carbocycles. The quantitative estimate of drug-likeness (QED) is 0.524. The molecule has 3 aromatic rings. The normalized spacial score (nSPS) is 24.4. The summed E-state index contributed by atoms with van der Waals surface area (Å²) in [6.07, 6.45) is -2.65. The topological polar surface area (TPSA) is 154 Å². The first kappa shape index (κ1) is 18.1. The lowest BCUT2D eigenvalue weighted by Crippen LogP contribution is -2.34. The molecule has 0 aromatic carbocycles. The van der Waals surface area contributed by atoms with Crippen LogP contribution >= 0.6 is 0 Å². The van der Waals surface area contributed by atoms with E-state index in [1.807, 2.05) is 0 Å². The summed E-state index contributed by atoms with van der Waals surface area (Å²) in [5.41, 5.74) is 6.82. The zero-order valence-electron chi connectivity index (χ0n) is 14.5. The highest BCUT2D eigenvalue weighted by Crippen LogP contribution is 2.34. The third-order valence-corrected chi connectivity index (χ3v) is 4.36. The van der Waals surface area contributed by atoms with E-state index in [9.17, 15) is 15.0 Å². The van der Waals surface area contributed by atoms with E-state index in [2.05, 4.69) is 15.1 Å². The lowest BCUT2D eigenvalue weighted by Gasteiger charge is -2.14. The van der Waals surface area contributed by atoms with Crippen molar-refractivity contribution in [3.8, 4) is 5.88 Å². The monoisotopic (exact) mass is 387 g/mol. The number of ether oxygens (including phenoxy) is 3. The van der Waals surface area contributed by atoms with E-state index in [1.54, 1.807) is 24.3 Å². The summed E-state index contributed by atoms with van der Waals surface area (Å²) in [6.45, 7) is -0.319. The zero-order valence-corrected chi connectivity index (χ0v) is 14.5. The van der Waals surface area contributed by atoms with Crippen molar-refractivity contribution in [2.24, 2.45) is 0 Å². The van der Waals surface area contributed by atoms with E-state index in [-0.39, 0.29) is 18.3 Å². The van der Waals surface area contributed by atoms with Crippen LogP contribution in [0.4, 0.5) is 10.6 Å². The molecule has 0 bridgehead atoms. The summed E-state index contributed by atoms with van der Waals surface area (Å²) in [6, 6.07) is 8.17. The molecular weight excluding hydrogens is 370 g/mol. The van der Waals surface area contributed by atoms with Crippen LogP contribution in [0.5, 0.6) is 5.88 Å². The SMILES string of the molecule is Nc1ncnn2c([C@@H]3O[C@H](COC(=O)Oc4ccccn4)[C@@H](O)[C@H]3O)ccc12. The molecule has 4 atom stereocenters. The van der Waals surface area contributed by atoms with E-state index in [0.29, 0.717) is 11.2 Å². The fraction of sp³-hybridized carbons (Fsp3) is 0.294. The molecule has 0 radical (unpaired) electrons. The standard InChI is InChI=1S/C17H17N5O6/c18-16-10-5-4-9(22(10)21-8-20-16)15-14(24)13(23)11(27-15)7-26-17(25)28-12-3-1-2-6-19-12/h1-6,8,11,13-15,23-24H,7H2,(H2,18,20,21)/t11-,13-,14-,15+/m1/s1. The van der Waals surface area contributed by atoms with Gasteiger partial charge in [-0.25, -0.2) is 19.3 Å². The molecule has 11 nitrogen and oxygen atoms in total. The number of nitrogen functional groups attached to an aromatic ring is 1. The molecule has 3 aromatic heterocycles. The van der Waals surface area contributed by atoms with Gasteiger partial charge in [0.05, 0.1) is 5.69 Å². The number of aliphatic hydroxyl groups excluding tert-OH is 2. The summed E-state index contributed by atoms with van der Waals surface area (Å²) in [5.74, 6) is 0.349. The Morgan fingerprint density at radius 3 is 2.86 bits per heavy atom. The molecule has 1 saturated heterocycles. The largest absolute Gasteiger partial charge is 0.515 e. The summed E-state index contributed by atoms with van der Waals surface area (Å²) < 4.78 is 17.1. The van der Waals surface area contributed by atoms with Gasteiger partial charge in [0.2, 0.25) is 5.88 Å². The van der Waals surface area contributed by atoms with Crippen molar-refractivity contribution in [3.05, 3.63) is 48.5 Å². The van der Waals surface area contributed by atoms with Gasteiger partial charge in [0.25, 0.3) is 0 Å². The zero-order chi connectivity index (χ0) is 19.7. The van der Waals surface area contributed by atoms with Gasteiger partial charge in [-0.15, -0.1) is 0 Å². The Bertz CT molecular complexity index is 981. The molecule has 28 heavy (non-hydrogen) atoms. The number of hydrogen-bond donors (Lipinski definition) is 3. The molecule has 1 fully saturated rings. The van der Waals surface area contributed by atoms with Crippen LogP contribution in [0.15, 0.2) is 42.9 Å². The van der Waals surface area contributed by atoms with Crippen molar-refractivity contribution in [2.45, 2.75) is 24.4 Å². The molecule has 4 rings (SSSR count). The summed E-state index contributed by atoms with van der Waals surface area (Å²) >= 11 is 0. The minimum atomic E-state index is -1.28. The highest BCUT2D eigenvalue weighted by Gasteiger charge is 2.45. The van der Waals surface area contributed by atoms with Crippen LogP contribution in [0.2, 0.25) is 0 Å². The van der Waals surface area contributed by atoms with Crippen LogP contribution in [-0.4, -0.2) is 60.9 Å². The lowest BCUT2D eigenvalue weighted by molar-refractivity contribution is -0.0353. The number of pyridine rings is 1. The summed E-state index contributed by atoms with van der Waals surface area (Å²) in [4.78, 5) is 19.5. The first-order chi connectivity index (χ1) is 13.5. The predicted molar refractivity (Wildman–Crippen MR) is 93.2 cm³/mol. The average Bonchev–Trinajstić information content (AvgIpc) is 3.24. The van der Waals surface area contributed by atoms with Crippen molar-refractivity contribution in [1.82, 2.24) is 19.6 Å². The van der Waals surface area contributed by atoms with Crippen molar-refractivity contribution < 1.29 is 29.2 Å². The Hall–Kier alpha value is -3.28. The molecule has 4 heterocycles. The first-order valence-corrected chi connectivity index (χ1v) is 8.40. The van der Waals surface area contributed by atoms with Gasteiger partial charge in [-0.05, 0) is 18.2 Å².